The highest BCUT2D eigenvalue weighted by Gasteiger charge is 1.98. The lowest BCUT2D eigenvalue weighted by atomic mass is 10.0. The van der Waals surface area contributed by atoms with Crippen molar-refractivity contribution in [2.45, 2.75) is 91.4 Å². The Morgan fingerprint density at radius 3 is 1.80 bits per heavy atom. The van der Waals surface area contributed by atoms with Crippen LogP contribution in [-0.2, 0) is 4.79 Å². The van der Waals surface area contributed by atoms with E-state index in [0.717, 1.165) is 18.8 Å². The summed E-state index contributed by atoms with van der Waals surface area (Å²) in [6.45, 7) is 6.27. The van der Waals surface area contributed by atoms with Gasteiger partial charge in [-0.3, -0.25) is 0 Å². The number of allylic oxidation sites excluding steroid dienone is 1. The maximum Gasteiger partial charge on any atom is 0.330 e. The van der Waals surface area contributed by atoms with Crippen LogP contribution in [0.15, 0.2) is 11.6 Å². The van der Waals surface area contributed by atoms with Crippen LogP contribution in [0.4, 0.5) is 0 Å². The predicted molar refractivity (Wildman–Crippen MR) is 87.0 cm³/mol. The molecule has 0 atom stereocenters. The molecule has 0 aromatic carbocycles. The summed E-state index contributed by atoms with van der Waals surface area (Å²) in [5.41, 5.74) is 0.478. The summed E-state index contributed by atoms with van der Waals surface area (Å²) in [7, 11) is 0. The normalized spacial score (nSPS) is 12.1. The lowest BCUT2D eigenvalue weighted by Crippen LogP contribution is -1.95. The molecule has 0 spiro atoms. The van der Waals surface area contributed by atoms with Crippen LogP contribution in [0, 0.1) is 5.92 Å². The van der Waals surface area contributed by atoms with Crippen LogP contribution in [-0.4, -0.2) is 11.1 Å². The fourth-order valence-electron chi connectivity index (χ4n) is 2.34. The van der Waals surface area contributed by atoms with Gasteiger partial charge in [-0.05, 0) is 25.7 Å². The molecule has 20 heavy (non-hydrogen) atoms. The van der Waals surface area contributed by atoms with Gasteiger partial charge in [0.2, 0.25) is 0 Å². The number of carboxylic acid groups (broad SMARTS) is 1. The van der Waals surface area contributed by atoms with Gasteiger partial charge in [0.15, 0.2) is 0 Å². The molecule has 0 radical (unpaired) electrons. The average molecular weight is 282 g/mol. The van der Waals surface area contributed by atoms with Crippen LogP contribution in [0.5, 0.6) is 0 Å². The van der Waals surface area contributed by atoms with Crippen LogP contribution in [0.25, 0.3) is 0 Å². The Balaban J connectivity index is 3.17. The van der Waals surface area contributed by atoms with Gasteiger partial charge in [0.05, 0.1) is 0 Å². The molecule has 0 saturated heterocycles. The third kappa shape index (κ3) is 13.6. The lowest BCUT2D eigenvalue weighted by Gasteiger charge is -2.04. The van der Waals surface area contributed by atoms with Crippen molar-refractivity contribution in [2.24, 2.45) is 5.92 Å². The molecule has 0 fully saturated rings. The van der Waals surface area contributed by atoms with E-state index in [4.69, 9.17) is 5.11 Å². The molecule has 0 aliphatic rings. The van der Waals surface area contributed by atoms with E-state index in [1.54, 1.807) is 6.92 Å². The van der Waals surface area contributed by atoms with E-state index >= 15 is 0 Å². The van der Waals surface area contributed by atoms with E-state index in [2.05, 4.69) is 13.8 Å². The van der Waals surface area contributed by atoms with Gasteiger partial charge < -0.3 is 5.11 Å². The fraction of sp³-hybridized carbons (Fsp3) is 0.833. The molecule has 0 aromatic rings. The molecule has 0 aliphatic carbocycles. The molecular formula is C18H34O2. The first-order valence-electron chi connectivity index (χ1n) is 8.44. The maximum absolute atomic E-state index is 10.6. The van der Waals surface area contributed by atoms with E-state index in [1.165, 1.54) is 57.8 Å². The Morgan fingerprint density at radius 2 is 1.35 bits per heavy atom. The second kappa shape index (κ2) is 13.2. The molecule has 0 heterocycles. The van der Waals surface area contributed by atoms with Crippen LogP contribution in [0.2, 0.25) is 0 Å². The van der Waals surface area contributed by atoms with Crippen molar-refractivity contribution in [1.29, 1.82) is 0 Å². The number of hydrogen-bond donors (Lipinski definition) is 1. The Morgan fingerprint density at radius 1 is 0.900 bits per heavy atom. The third-order valence-corrected chi connectivity index (χ3v) is 3.77. The molecule has 2 nitrogen and oxygen atoms in total. The topological polar surface area (TPSA) is 37.3 Å². The zero-order valence-electron chi connectivity index (χ0n) is 13.8. The number of unbranched alkanes of at least 4 members (excludes halogenated alkanes) is 9. The molecule has 1 N–H and O–H groups in total. The first-order valence-corrected chi connectivity index (χ1v) is 8.44. The summed E-state index contributed by atoms with van der Waals surface area (Å²) < 4.78 is 0. The molecule has 0 aliphatic heterocycles. The fourth-order valence-corrected chi connectivity index (χ4v) is 2.34. The summed E-state index contributed by atoms with van der Waals surface area (Å²) in [5.74, 6) is 0.0660. The second-order valence-corrected chi connectivity index (χ2v) is 6.35. The van der Waals surface area contributed by atoms with Gasteiger partial charge in [-0.1, -0.05) is 77.7 Å². The Hall–Kier alpha value is -0.790. The summed E-state index contributed by atoms with van der Waals surface area (Å²) in [6.07, 6.45) is 16.1. The van der Waals surface area contributed by atoms with Crippen LogP contribution in [0.3, 0.4) is 0 Å². The van der Waals surface area contributed by atoms with Crippen molar-refractivity contribution in [3.8, 4) is 0 Å². The summed E-state index contributed by atoms with van der Waals surface area (Å²) in [5, 5.41) is 8.71. The van der Waals surface area contributed by atoms with Gasteiger partial charge in [-0.2, -0.15) is 0 Å². The summed E-state index contributed by atoms with van der Waals surface area (Å²) in [6, 6.07) is 0. The first-order chi connectivity index (χ1) is 9.54. The minimum Gasteiger partial charge on any atom is -0.478 e. The van der Waals surface area contributed by atoms with Crippen molar-refractivity contribution < 1.29 is 9.90 Å². The SMILES string of the molecule is CC(=CCCCCCCCCCCCC(C)C)C(=O)O. The smallest absolute Gasteiger partial charge is 0.330 e. The lowest BCUT2D eigenvalue weighted by molar-refractivity contribution is -0.132. The highest BCUT2D eigenvalue weighted by atomic mass is 16.4. The minimum absolute atomic E-state index is 0.478. The van der Waals surface area contributed by atoms with Crippen molar-refractivity contribution in [3.05, 3.63) is 11.6 Å². The van der Waals surface area contributed by atoms with Crippen LogP contribution in [0.1, 0.15) is 91.4 Å². The molecule has 0 aromatic heterocycles. The highest BCUT2D eigenvalue weighted by molar-refractivity contribution is 5.85. The molecule has 0 amide bonds. The van der Waals surface area contributed by atoms with Crippen molar-refractivity contribution in [3.63, 3.8) is 0 Å². The summed E-state index contributed by atoms with van der Waals surface area (Å²) in [4.78, 5) is 10.6. The van der Waals surface area contributed by atoms with Crippen molar-refractivity contribution in [2.75, 3.05) is 0 Å². The molecular weight excluding hydrogens is 248 g/mol. The van der Waals surface area contributed by atoms with Crippen LogP contribution >= 0.6 is 0 Å². The van der Waals surface area contributed by atoms with E-state index in [-0.39, 0.29) is 0 Å². The van der Waals surface area contributed by atoms with E-state index in [0.29, 0.717) is 5.57 Å². The van der Waals surface area contributed by atoms with Crippen LogP contribution < -0.4 is 0 Å². The van der Waals surface area contributed by atoms with E-state index in [1.807, 2.05) is 6.08 Å². The van der Waals surface area contributed by atoms with Gasteiger partial charge in [0, 0.05) is 5.57 Å². The van der Waals surface area contributed by atoms with Gasteiger partial charge in [-0.15, -0.1) is 0 Å². The number of aliphatic carboxylic acids is 1. The first kappa shape index (κ1) is 19.2. The number of hydrogen-bond acceptors (Lipinski definition) is 1. The van der Waals surface area contributed by atoms with Gasteiger partial charge >= 0.3 is 5.97 Å². The second-order valence-electron chi connectivity index (χ2n) is 6.35. The maximum atomic E-state index is 10.6. The Bertz CT molecular complexity index is 267. The van der Waals surface area contributed by atoms with Gasteiger partial charge in [0.25, 0.3) is 0 Å². The van der Waals surface area contributed by atoms with Gasteiger partial charge in [0.1, 0.15) is 0 Å². The Kier molecular flexibility index (Phi) is 12.7. The largest absolute Gasteiger partial charge is 0.478 e. The number of carboxylic acids is 1. The molecule has 0 bridgehead atoms. The number of carbonyl (C=O) groups is 1. The molecule has 0 saturated carbocycles. The third-order valence-electron chi connectivity index (χ3n) is 3.77. The molecule has 118 valence electrons. The van der Waals surface area contributed by atoms with E-state index in [9.17, 15) is 4.79 Å². The minimum atomic E-state index is -0.789. The van der Waals surface area contributed by atoms with Crippen molar-refractivity contribution >= 4 is 5.97 Å². The highest BCUT2D eigenvalue weighted by Crippen LogP contribution is 2.13. The standard InChI is InChI=1S/C18H34O2/c1-16(2)14-12-10-8-6-4-5-7-9-11-13-15-17(3)18(19)20/h15-16H,4-14H2,1-3H3,(H,19,20). The summed E-state index contributed by atoms with van der Waals surface area (Å²) >= 11 is 0. The zero-order chi connectivity index (χ0) is 15.2. The molecule has 2 heteroatoms. The predicted octanol–water partition coefficient (Wildman–Crippen LogP) is 5.96. The van der Waals surface area contributed by atoms with E-state index < -0.39 is 5.97 Å². The average Bonchev–Trinajstić information content (AvgIpc) is 2.39. The number of rotatable bonds is 13. The monoisotopic (exact) mass is 282 g/mol. The zero-order valence-corrected chi connectivity index (χ0v) is 13.8. The molecule has 0 unspecified atom stereocenters. The molecule has 0 rings (SSSR count). The van der Waals surface area contributed by atoms with Gasteiger partial charge in [-0.25, -0.2) is 4.79 Å². The quantitative estimate of drug-likeness (QED) is 0.334. The Labute approximate surface area is 125 Å². The van der Waals surface area contributed by atoms with Crippen molar-refractivity contribution in [1.82, 2.24) is 0 Å².